The van der Waals surface area contributed by atoms with Crippen molar-refractivity contribution in [3.8, 4) is 0 Å². The number of thiophene rings is 1. The van der Waals surface area contributed by atoms with Gasteiger partial charge in [0, 0.05) is 4.88 Å². The SMILES string of the molecule is CC(C)(C)c1cc2c(=O)[nH]nnc2s1. The highest BCUT2D eigenvalue weighted by Gasteiger charge is 2.18. The molecule has 74 valence electrons. The van der Waals surface area contributed by atoms with Gasteiger partial charge in [-0.1, -0.05) is 26.0 Å². The van der Waals surface area contributed by atoms with Crippen LogP contribution in [0.15, 0.2) is 10.9 Å². The Morgan fingerprint density at radius 3 is 2.71 bits per heavy atom. The van der Waals surface area contributed by atoms with Crippen molar-refractivity contribution in [2.24, 2.45) is 0 Å². The fourth-order valence-corrected chi connectivity index (χ4v) is 2.20. The summed E-state index contributed by atoms with van der Waals surface area (Å²) in [6.45, 7) is 6.33. The van der Waals surface area contributed by atoms with Gasteiger partial charge < -0.3 is 0 Å². The Balaban J connectivity index is 2.75. The van der Waals surface area contributed by atoms with E-state index in [1.807, 2.05) is 6.07 Å². The van der Waals surface area contributed by atoms with E-state index in [2.05, 4.69) is 36.2 Å². The third-order valence-corrected chi connectivity index (χ3v) is 3.43. The quantitative estimate of drug-likeness (QED) is 0.718. The van der Waals surface area contributed by atoms with Crippen LogP contribution in [0, 0.1) is 0 Å². The lowest BCUT2D eigenvalue weighted by atomic mass is 9.94. The van der Waals surface area contributed by atoms with E-state index in [9.17, 15) is 4.79 Å². The lowest BCUT2D eigenvalue weighted by Gasteiger charge is -2.14. The zero-order valence-electron chi connectivity index (χ0n) is 8.29. The molecule has 0 atom stereocenters. The van der Waals surface area contributed by atoms with Gasteiger partial charge in [-0.2, -0.15) is 0 Å². The third kappa shape index (κ3) is 1.43. The summed E-state index contributed by atoms with van der Waals surface area (Å²) in [6.07, 6.45) is 0. The highest BCUT2D eigenvalue weighted by molar-refractivity contribution is 7.18. The second-order valence-electron chi connectivity index (χ2n) is 4.22. The number of aromatic nitrogens is 3. The number of nitrogens with one attached hydrogen (secondary N) is 1. The monoisotopic (exact) mass is 209 g/mol. The molecule has 4 nitrogen and oxygen atoms in total. The summed E-state index contributed by atoms with van der Waals surface area (Å²) in [5.74, 6) is 0. The Kier molecular flexibility index (Phi) is 1.92. The predicted molar refractivity (Wildman–Crippen MR) is 56.7 cm³/mol. The molecule has 0 fully saturated rings. The normalized spacial score (nSPS) is 12.2. The number of hydrogen-bond donors (Lipinski definition) is 1. The fourth-order valence-electron chi connectivity index (χ4n) is 1.16. The molecule has 0 amide bonds. The maximum atomic E-state index is 11.4. The minimum Gasteiger partial charge on any atom is -0.267 e. The second kappa shape index (κ2) is 2.88. The van der Waals surface area contributed by atoms with Gasteiger partial charge in [0.25, 0.3) is 5.56 Å². The lowest BCUT2D eigenvalue weighted by Crippen LogP contribution is -2.09. The maximum Gasteiger partial charge on any atom is 0.275 e. The molecule has 0 bridgehead atoms. The van der Waals surface area contributed by atoms with Crippen molar-refractivity contribution in [2.45, 2.75) is 26.2 Å². The number of H-pyrrole nitrogens is 1. The van der Waals surface area contributed by atoms with Gasteiger partial charge in [-0.3, -0.25) is 4.79 Å². The summed E-state index contributed by atoms with van der Waals surface area (Å²) >= 11 is 1.52. The van der Waals surface area contributed by atoms with Crippen LogP contribution in [0.1, 0.15) is 25.6 Å². The molecule has 0 aliphatic rings. The van der Waals surface area contributed by atoms with Crippen molar-refractivity contribution in [1.82, 2.24) is 15.4 Å². The molecule has 0 aromatic carbocycles. The largest absolute Gasteiger partial charge is 0.275 e. The first-order valence-electron chi connectivity index (χ1n) is 4.34. The lowest BCUT2D eigenvalue weighted by molar-refractivity contribution is 0.604. The van der Waals surface area contributed by atoms with Gasteiger partial charge in [0.15, 0.2) is 4.83 Å². The van der Waals surface area contributed by atoms with Gasteiger partial charge in [0.05, 0.1) is 5.39 Å². The minimum atomic E-state index is -0.165. The van der Waals surface area contributed by atoms with E-state index in [0.717, 1.165) is 4.88 Å². The summed E-state index contributed by atoms with van der Waals surface area (Å²) in [5, 5.41) is 10.4. The molecule has 14 heavy (non-hydrogen) atoms. The molecule has 2 heterocycles. The highest BCUT2D eigenvalue weighted by atomic mass is 32.1. The summed E-state index contributed by atoms with van der Waals surface area (Å²) in [4.78, 5) is 13.2. The topological polar surface area (TPSA) is 58.6 Å². The van der Waals surface area contributed by atoms with Gasteiger partial charge in [0.1, 0.15) is 0 Å². The van der Waals surface area contributed by atoms with Crippen molar-refractivity contribution in [3.63, 3.8) is 0 Å². The Morgan fingerprint density at radius 2 is 2.14 bits per heavy atom. The van der Waals surface area contributed by atoms with Gasteiger partial charge in [-0.15, -0.1) is 16.4 Å². The molecule has 2 aromatic rings. The van der Waals surface area contributed by atoms with Crippen molar-refractivity contribution < 1.29 is 0 Å². The van der Waals surface area contributed by atoms with Gasteiger partial charge in [-0.25, -0.2) is 5.10 Å². The van der Waals surface area contributed by atoms with Crippen LogP contribution >= 0.6 is 11.3 Å². The third-order valence-electron chi connectivity index (χ3n) is 1.99. The van der Waals surface area contributed by atoms with Crippen LogP contribution < -0.4 is 5.56 Å². The highest BCUT2D eigenvalue weighted by Crippen LogP contribution is 2.31. The minimum absolute atomic E-state index is 0.0534. The molecule has 0 radical (unpaired) electrons. The molecule has 2 rings (SSSR count). The van der Waals surface area contributed by atoms with Crippen molar-refractivity contribution >= 4 is 21.6 Å². The molecule has 0 saturated carbocycles. The molecule has 0 spiro atoms. The van der Waals surface area contributed by atoms with E-state index in [0.29, 0.717) is 10.2 Å². The van der Waals surface area contributed by atoms with Crippen LogP contribution in [0.3, 0.4) is 0 Å². The number of hydrogen-bond acceptors (Lipinski definition) is 4. The van der Waals surface area contributed by atoms with Crippen molar-refractivity contribution in [3.05, 3.63) is 21.3 Å². The average molecular weight is 209 g/mol. The van der Waals surface area contributed by atoms with Crippen LogP contribution in [0.4, 0.5) is 0 Å². The molecule has 0 unspecified atom stereocenters. The van der Waals surface area contributed by atoms with E-state index in [4.69, 9.17) is 0 Å². The maximum absolute atomic E-state index is 11.4. The van der Waals surface area contributed by atoms with Gasteiger partial charge >= 0.3 is 0 Å². The van der Waals surface area contributed by atoms with Crippen LogP contribution in [-0.2, 0) is 5.41 Å². The van der Waals surface area contributed by atoms with Crippen molar-refractivity contribution in [1.29, 1.82) is 0 Å². The van der Waals surface area contributed by atoms with Crippen LogP contribution in [0.2, 0.25) is 0 Å². The molecule has 0 saturated heterocycles. The average Bonchev–Trinajstić information content (AvgIpc) is 2.48. The van der Waals surface area contributed by atoms with E-state index in [1.165, 1.54) is 11.3 Å². The van der Waals surface area contributed by atoms with Crippen molar-refractivity contribution in [2.75, 3.05) is 0 Å². The standard InChI is InChI=1S/C9H11N3OS/c1-9(2,3)6-4-5-7(13)10-12-11-8(5)14-6/h4H,1-3H3,(H,10,11,13). The summed E-state index contributed by atoms with van der Waals surface area (Å²) in [7, 11) is 0. The molecular formula is C9H11N3OS. The molecule has 1 N–H and O–H groups in total. The first-order valence-corrected chi connectivity index (χ1v) is 5.15. The zero-order valence-corrected chi connectivity index (χ0v) is 9.10. The Hall–Kier alpha value is -1.23. The number of nitrogens with zero attached hydrogens (tertiary/aromatic N) is 2. The summed E-state index contributed by atoms with van der Waals surface area (Å²) in [6, 6.07) is 1.90. The Bertz CT molecular complexity index is 521. The van der Waals surface area contributed by atoms with E-state index < -0.39 is 0 Å². The van der Waals surface area contributed by atoms with Gasteiger partial charge in [0.2, 0.25) is 0 Å². The summed E-state index contributed by atoms with van der Waals surface area (Å²) < 4.78 is 0. The fraction of sp³-hybridized carbons (Fsp3) is 0.444. The Labute approximate surface area is 85.0 Å². The number of rotatable bonds is 0. The second-order valence-corrected chi connectivity index (χ2v) is 5.25. The molecular weight excluding hydrogens is 198 g/mol. The molecule has 2 aromatic heterocycles. The van der Waals surface area contributed by atoms with E-state index in [-0.39, 0.29) is 11.0 Å². The molecule has 5 heteroatoms. The van der Waals surface area contributed by atoms with Crippen LogP contribution in [0.25, 0.3) is 10.2 Å². The first kappa shape index (κ1) is 9.33. The number of aromatic amines is 1. The number of fused-ring (bicyclic) bond motifs is 1. The van der Waals surface area contributed by atoms with E-state index in [1.54, 1.807) is 0 Å². The predicted octanol–water partition coefficient (Wildman–Crippen LogP) is 1.68. The van der Waals surface area contributed by atoms with Crippen LogP contribution in [0.5, 0.6) is 0 Å². The Morgan fingerprint density at radius 1 is 1.43 bits per heavy atom. The van der Waals surface area contributed by atoms with Crippen LogP contribution in [-0.4, -0.2) is 15.4 Å². The molecule has 0 aliphatic carbocycles. The summed E-state index contributed by atoms with van der Waals surface area (Å²) in [5.41, 5.74) is -0.112. The van der Waals surface area contributed by atoms with Gasteiger partial charge in [-0.05, 0) is 11.5 Å². The smallest absolute Gasteiger partial charge is 0.267 e. The first-order chi connectivity index (χ1) is 6.48. The zero-order chi connectivity index (χ0) is 10.3. The molecule has 0 aliphatic heterocycles. The van der Waals surface area contributed by atoms with E-state index >= 15 is 0 Å².